The van der Waals surface area contributed by atoms with Crippen molar-refractivity contribution < 1.29 is 23.9 Å². The number of methoxy groups -OCH3 is 1. The average molecular weight is 514 g/mol. The van der Waals surface area contributed by atoms with Crippen molar-refractivity contribution in [1.29, 1.82) is 0 Å². The van der Waals surface area contributed by atoms with Gasteiger partial charge in [0.15, 0.2) is 5.78 Å². The van der Waals surface area contributed by atoms with E-state index >= 15 is 0 Å². The molecule has 0 saturated carbocycles. The Morgan fingerprint density at radius 2 is 1.56 bits per heavy atom. The van der Waals surface area contributed by atoms with Crippen molar-refractivity contribution >= 4 is 29.4 Å². The number of benzene rings is 2. The molecule has 3 rings (SSSR count). The second-order valence-electron chi connectivity index (χ2n) is 9.11. The zero-order valence-corrected chi connectivity index (χ0v) is 22.0. The highest BCUT2D eigenvalue weighted by Crippen LogP contribution is 2.29. The number of carbonyl (C=O) groups is 3. The van der Waals surface area contributed by atoms with Crippen LogP contribution >= 0.6 is 11.8 Å². The van der Waals surface area contributed by atoms with Crippen molar-refractivity contribution in [3.63, 3.8) is 0 Å². The molecule has 9 heteroatoms. The van der Waals surface area contributed by atoms with Crippen LogP contribution in [0.5, 0.6) is 5.75 Å². The fourth-order valence-electron chi connectivity index (χ4n) is 3.75. The Bertz CT molecular complexity index is 1030. The van der Waals surface area contributed by atoms with E-state index < -0.39 is 29.6 Å². The van der Waals surface area contributed by atoms with Gasteiger partial charge in [-0.15, -0.1) is 11.8 Å². The van der Waals surface area contributed by atoms with Gasteiger partial charge in [-0.25, -0.2) is 0 Å². The molecule has 2 amide bonds. The first-order valence-electron chi connectivity index (χ1n) is 11.9. The van der Waals surface area contributed by atoms with Crippen LogP contribution in [-0.4, -0.2) is 67.2 Å². The number of hydrogen-bond acceptors (Lipinski definition) is 7. The Kier molecular flexibility index (Phi) is 9.92. The first-order chi connectivity index (χ1) is 17.3. The third kappa shape index (κ3) is 7.81. The summed E-state index contributed by atoms with van der Waals surface area (Å²) in [5.41, 5.74) is 0.882. The molecule has 3 N–H and O–H groups in total. The Morgan fingerprint density at radius 3 is 2.14 bits per heavy atom. The van der Waals surface area contributed by atoms with Gasteiger partial charge in [0.1, 0.15) is 17.4 Å². The van der Waals surface area contributed by atoms with E-state index in [0.717, 1.165) is 11.1 Å². The first-order valence-corrected chi connectivity index (χ1v) is 13.3. The SMILES string of the molecule is COc1ccc(C[C@H](NC(=O)[C@H](C)NCSC)C(=O)N[C@@H](Cc2ccccc2)C(=O)[C@@]2(C)CO2)cc1. The third-order valence-corrected chi connectivity index (χ3v) is 6.63. The molecule has 0 aliphatic carbocycles. The largest absolute Gasteiger partial charge is 0.497 e. The normalized spacial score (nSPS) is 19.0. The molecular formula is C27H35N3O5S. The van der Waals surface area contributed by atoms with E-state index in [1.165, 1.54) is 0 Å². The molecule has 1 heterocycles. The fraction of sp³-hybridized carbons (Fsp3) is 0.444. The third-order valence-electron chi connectivity index (χ3n) is 6.17. The lowest BCUT2D eigenvalue weighted by Crippen LogP contribution is -2.56. The summed E-state index contributed by atoms with van der Waals surface area (Å²) in [6.45, 7) is 3.81. The molecule has 0 aromatic heterocycles. The van der Waals surface area contributed by atoms with Crippen LogP contribution in [0.15, 0.2) is 54.6 Å². The lowest BCUT2D eigenvalue weighted by atomic mass is 9.94. The topological polar surface area (TPSA) is 109 Å². The quantitative estimate of drug-likeness (QED) is 0.262. The molecule has 1 aliphatic heterocycles. The van der Waals surface area contributed by atoms with Crippen LogP contribution in [0.4, 0.5) is 0 Å². The number of rotatable bonds is 14. The van der Waals surface area contributed by atoms with Crippen molar-refractivity contribution in [3.05, 3.63) is 65.7 Å². The van der Waals surface area contributed by atoms with Gasteiger partial charge in [-0.2, -0.15) is 0 Å². The summed E-state index contributed by atoms with van der Waals surface area (Å²) in [6, 6.07) is 14.7. The molecule has 1 saturated heterocycles. The van der Waals surface area contributed by atoms with Crippen molar-refractivity contribution in [3.8, 4) is 5.75 Å². The van der Waals surface area contributed by atoms with Gasteiger partial charge in [0.25, 0.3) is 0 Å². The molecule has 0 unspecified atom stereocenters. The molecule has 1 aliphatic rings. The van der Waals surface area contributed by atoms with Gasteiger partial charge in [0.05, 0.1) is 25.8 Å². The molecule has 2 aromatic carbocycles. The number of Topliss-reactive ketones (excluding diaryl/α,β-unsaturated/α-hetero) is 1. The Balaban J connectivity index is 1.79. The van der Waals surface area contributed by atoms with Gasteiger partial charge >= 0.3 is 0 Å². The van der Waals surface area contributed by atoms with Crippen molar-refractivity contribution in [1.82, 2.24) is 16.0 Å². The molecule has 8 nitrogen and oxygen atoms in total. The summed E-state index contributed by atoms with van der Waals surface area (Å²) in [6.07, 6.45) is 2.53. The van der Waals surface area contributed by atoms with Gasteiger partial charge in [0.2, 0.25) is 11.8 Å². The minimum Gasteiger partial charge on any atom is -0.497 e. The summed E-state index contributed by atoms with van der Waals surface area (Å²) >= 11 is 1.57. The van der Waals surface area contributed by atoms with Gasteiger partial charge in [-0.1, -0.05) is 42.5 Å². The highest BCUT2D eigenvalue weighted by molar-refractivity contribution is 7.98. The lowest BCUT2D eigenvalue weighted by molar-refractivity contribution is -0.133. The van der Waals surface area contributed by atoms with E-state index in [4.69, 9.17) is 9.47 Å². The maximum atomic E-state index is 13.5. The number of amides is 2. The van der Waals surface area contributed by atoms with Gasteiger partial charge in [-0.05, 0) is 49.8 Å². The van der Waals surface area contributed by atoms with Crippen LogP contribution in [0.1, 0.15) is 25.0 Å². The summed E-state index contributed by atoms with van der Waals surface area (Å²) in [4.78, 5) is 39.6. The van der Waals surface area contributed by atoms with E-state index in [1.54, 1.807) is 32.7 Å². The second-order valence-corrected chi connectivity index (χ2v) is 9.97. The number of ketones is 1. The van der Waals surface area contributed by atoms with Gasteiger partial charge in [0, 0.05) is 12.3 Å². The van der Waals surface area contributed by atoms with Crippen LogP contribution in [0.2, 0.25) is 0 Å². The molecule has 194 valence electrons. The van der Waals surface area contributed by atoms with Crippen LogP contribution in [0, 0.1) is 0 Å². The highest BCUT2D eigenvalue weighted by atomic mass is 32.2. The Hall–Kier alpha value is -2.88. The van der Waals surface area contributed by atoms with E-state index in [1.807, 2.05) is 60.9 Å². The summed E-state index contributed by atoms with van der Waals surface area (Å²) < 4.78 is 10.6. The van der Waals surface area contributed by atoms with Gasteiger partial charge in [-0.3, -0.25) is 19.7 Å². The lowest BCUT2D eigenvalue weighted by Gasteiger charge is -2.25. The Labute approximate surface area is 216 Å². The van der Waals surface area contributed by atoms with Crippen LogP contribution in [-0.2, 0) is 32.0 Å². The minimum atomic E-state index is -0.891. The predicted octanol–water partition coefficient (Wildman–Crippen LogP) is 2.11. The number of ether oxygens (including phenoxy) is 2. The summed E-state index contributed by atoms with van der Waals surface area (Å²) in [5.74, 6) is 0.417. The minimum absolute atomic E-state index is 0.177. The molecule has 1 fully saturated rings. The van der Waals surface area contributed by atoms with Crippen molar-refractivity contribution in [2.24, 2.45) is 0 Å². The molecule has 36 heavy (non-hydrogen) atoms. The van der Waals surface area contributed by atoms with Crippen LogP contribution in [0.3, 0.4) is 0 Å². The zero-order valence-electron chi connectivity index (χ0n) is 21.2. The monoisotopic (exact) mass is 513 g/mol. The average Bonchev–Trinajstić information content (AvgIpc) is 3.65. The number of nitrogens with one attached hydrogen (secondary N) is 3. The molecular weight excluding hydrogens is 478 g/mol. The summed E-state index contributed by atoms with van der Waals surface area (Å²) in [5, 5.41) is 8.89. The number of hydrogen-bond donors (Lipinski definition) is 3. The highest BCUT2D eigenvalue weighted by Gasteiger charge is 2.50. The molecule has 0 radical (unpaired) electrons. The van der Waals surface area contributed by atoms with E-state index in [-0.39, 0.29) is 18.1 Å². The van der Waals surface area contributed by atoms with Crippen LogP contribution in [0.25, 0.3) is 0 Å². The Morgan fingerprint density at radius 1 is 0.972 bits per heavy atom. The van der Waals surface area contributed by atoms with Crippen molar-refractivity contribution in [2.75, 3.05) is 25.8 Å². The fourth-order valence-corrected chi connectivity index (χ4v) is 4.17. The van der Waals surface area contributed by atoms with E-state index in [2.05, 4.69) is 16.0 Å². The van der Waals surface area contributed by atoms with Crippen molar-refractivity contribution in [2.45, 2.75) is 50.4 Å². The standard InChI is InChI=1S/C27H35N3O5S/c1-18(28-17-36-4)25(32)30-23(15-20-10-12-21(34-3)13-11-20)26(33)29-22(24(31)27(2)16-35-27)14-19-8-6-5-7-9-19/h5-13,18,22-23,28H,14-17H2,1-4H3,(H,29,33)(H,30,32)/t18-,22-,23-,27+/m0/s1. The molecule has 4 atom stereocenters. The molecule has 0 spiro atoms. The van der Waals surface area contributed by atoms with E-state index in [0.29, 0.717) is 24.7 Å². The molecule has 2 aromatic rings. The maximum absolute atomic E-state index is 13.5. The second kappa shape index (κ2) is 12.9. The number of thioether (sulfide) groups is 1. The predicted molar refractivity (Wildman–Crippen MR) is 141 cm³/mol. The summed E-state index contributed by atoms with van der Waals surface area (Å²) in [7, 11) is 1.59. The first kappa shape index (κ1) is 27.7. The number of epoxide rings is 1. The smallest absolute Gasteiger partial charge is 0.243 e. The number of carbonyl (C=O) groups excluding carboxylic acids is 3. The van der Waals surface area contributed by atoms with Gasteiger partial charge < -0.3 is 20.1 Å². The van der Waals surface area contributed by atoms with E-state index in [9.17, 15) is 14.4 Å². The van der Waals surface area contributed by atoms with Crippen LogP contribution < -0.4 is 20.7 Å². The maximum Gasteiger partial charge on any atom is 0.243 e. The molecule has 0 bridgehead atoms. The zero-order chi connectivity index (χ0) is 26.1.